The van der Waals surface area contributed by atoms with Crippen molar-refractivity contribution >= 4 is 11.8 Å². The van der Waals surface area contributed by atoms with E-state index in [4.69, 9.17) is 9.84 Å². The topological polar surface area (TPSA) is 63.6 Å². The Bertz CT molecular complexity index is 589. The van der Waals surface area contributed by atoms with E-state index in [0.717, 1.165) is 5.56 Å². The number of carbonyl (C=O) groups excluding carboxylic acids is 1. The van der Waals surface area contributed by atoms with Crippen LogP contribution in [0, 0.1) is 0 Å². The molecule has 2 rings (SSSR count). The maximum Gasteiger partial charge on any atom is 0.335 e. The summed E-state index contributed by atoms with van der Waals surface area (Å²) in [6.07, 6.45) is 0. The van der Waals surface area contributed by atoms with Crippen LogP contribution in [0.2, 0.25) is 0 Å². The number of hydrogen-bond acceptors (Lipinski definition) is 3. The van der Waals surface area contributed by atoms with Crippen molar-refractivity contribution in [3.63, 3.8) is 0 Å². The van der Waals surface area contributed by atoms with Crippen molar-refractivity contribution in [1.29, 1.82) is 0 Å². The molecule has 20 heavy (non-hydrogen) atoms. The molecular formula is C16H14O4. The average molecular weight is 270 g/mol. The first-order valence-corrected chi connectivity index (χ1v) is 6.12. The second kappa shape index (κ2) is 6.02. The zero-order valence-corrected chi connectivity index (χ0v) is 11.0. The molecular weight excluding hydrogens is 256 g/mol. The molecule has 0 aliphatic carbocycles. The van der Waals surface area contributed by atoms with Gasteiger partial charge in [-0.05, 0) is 36.8 Å². The minimum absolute atomic E-state index is 0.0247. The molecule has 102 valence electrons. The summed E-state index contributed by atoms with van der Waals surface area (Å²) >= 11 is 0. The largest absolute Gasteiger partial charge is 0.489 e. The van der Waals surface area contributed by atoms with Crippen molar-refractivity contribution in [2.45, 2.75) is 13.5 Å². The van der Waals surface area contributed by atoms with Crippen LogP contribution in [0.15, 0.2) is 48.5 Å². The first-order chi connectivity index (χ1) is 9.56. The van der Waals surface area contributed by atoms with Gasteiger partial charge in [-0.2, -0.15) is 0 Å². The van der Waals surface area contributed by atoms with Gasteiger partial charge in [-0.3, -0.25) is 4.79 Å². The number of hydrogen-bond donors (Lipinski definition) is 1. The highest BCUT2D eigenvalue weighted by Crippen LogP contribution is 2.16. The lowest BCUT2D eigenvalue weighted by molar-refractivity contribution is 0.0696. The molecule has 0 amide bonds. The van der Waals surface area contributed by atoms with Gasteiger partial charge in [-0.15, -0.1) is 0 Å². The summed E-state index contributed by atoms with van der Waals surface area (Å²) in [4.78, 5) is 22.1. The molecule has 4 heteroatoms. The summed E-state index contributed by atoms with van der Waals surface area (Å²) < 4.78 is 5.57. The number of carboxylic acids is 1. The Morgan fingerprint density at radius 3 is 2.45 bits per heavy atom. The van der Waals surface area contributed by atoms with Crippen molar-refractivity contribution in [3.05, 3.63) is 65.2 Å². The number of benzene rings is 2. The Hall–Kier alpha value is -2.62. The molecule has 4 nitrogen and oxygen atoms in total. The van der Waals surface area contributed by atoms with E-state index in [1.165, 1.54) is 13.0 Å². The predicted octanol–water partition coefficient (Wildman–Crippen LogP) is 3.17. The van der Waals surface area contributed by atoms with E-state index < -0.39 is 5.97 Å². The normalized spacial score (nSPS) is 10.1. The maximum absolute atomic E-state index is 11.3. The van der Waals surface area contributed by atoms with Crippen LogP contribution in [-0.2, 0) is 6.61 Å². The maximum atomic E-state index is 11.3. The molecule has 0 aromatic heterocycles. The molecule has 0 aliphatic heterocycles. The van der Waals surface area contributed by atoms with Gasteiger partial charge in [0.25, 0.3) is 0 Å². The van der Waals surface area contributed by atoms with Gasteiger partial charge in [0.05, 0.1) is 5.56 Å². The highest BCUT2D eigenvalue weighted by molar-refractivity contribution is 5.94. The van der Waals surface area contributed by atoms with Crippen LogP contribution >= 0.6 is 0 Å². The molecule has 2 aromatic rings. The van der Waals surface area contributed by atoms with Gasteiger partial charge in [0.15, 0.2) is 5.78 Å². The highest BCUT2D eigenvalue weighted by Gasteiger charge is 2.05. The molecule has 0 spiro atoms. The molecule has 0 saturated heterocycles. The van der Waals surface area contributed by atoms with E-state index in [2.05, 4.69) is 0 Å². The summed E-state index contributed by atoms with van der Waals surface area (Å²) in [5, 5.41) is 8.91. The number of rotatable bonds is 5. The highest BCUT2D eigenvalue weighted by atomic mass is 16.5. The van der Waals surface area contributed by atoms with E-state index in [1.54, 1.807) is 42.5 Å². The molecule has 0 heterocycles. The number of carbonyl (C=O) groups is 2. The molecule has 2 aromatic carbocycles. The van der Waals surface area contributed by atoms with Gasteiger partial charge in [-0.25, -0.2) is 4.79 Å². The lowest BCUT2D eigenvalue weighted by Crippen LogP contribution is -2.01. The third-order valence-electron chi connectivity index (χ3n) is 2.82. The lowest BCUT2D eigenvalue weighted by atomic mass is 10.1. The summed E-state index contributed by atoms with van der Waals surface area (Å²) in [7, 11) is 0. The molecule has 0 unspecified atom stereocenters. The molecule has 0 atom stereocenters. The Morgan fingerprint density at radius 1 is 1.05 bits per heavy atom. The third-order valence-corrected chi connectivity index (χ3v) is 2.82. The van der Waals surface area contributed by atoms with Crippen molar-refractivity contribution in [1.82, 2.24) is 0 Å². The van der Waals surface area contributed by atoms with Crippen molar-refractivity contribution in [3.8, 4) is 5.75 Å². The summed E-state index contributed by atoms with van der Waals surface area (Å²) in [6, 6.07) is 13.5. The van der Waals surface area contributed by atoms with E-state index >= 15 is 0 Å². The van der Waals surface area contributed by atoms with E-state index in [-0.39, 0.29) is 18.0 Å². The van der Waals surface area contributed by atoms with Gasteiger partial charge in [-0.1, -0.05) is 24.3 Å². The molecule has 1 N–H and O–H groups in total. The Balaban J connectivity index is 2.08. The number of ketones is 1. The Kier molecular flexibility index (Phi) is 4.15. The minimum atomic E-state index is -0.967. The monoisotopic (exact) mass is 270 g/mol. The number of carboxylic acid groups (broad SMARTS) is 1. The van der Waals surface area contributed by atoms with Crippen molar-refractivity contribution < 1.29 is 19.4 Å². The first kappa shape index (κ1) is 13.8. The lowest BCUT2D eigenvalue weighted by Gasteiger charge is -2.07. The van der Waals surface area contributed by atoms with Gasteiger partial charge in [0, 0.05) is 5.56 Å². The van der Waals surface area contributed by atoms with Crippen LogP contribution in [0.5, 0.6) is 5.75 Å². The van der Waals surface area contributed by atoms with Gasteiger partial charge < -0.3 is 9.84 Å². The molecule has 0 fully saturated rings. The second-order valence-electron chi connectivity index (χ2n) is 4.38. The molecule has 0 radical (unpaired) electrons. The Labute approximate surface area is 116 Å². The van der Waals surface area contributed by atoms with Crippen LogP contribution in [0.4, 0.5) is 0 Å². The van der Waals surface area contributed by atoms with Crippen LogP contribution in [0.25, 0.3) is 0 Å². The van der Waals surface area contributed by atoms with Crippen LogP contribution in [0.1, 0.15) is 33.2 Å². The Morgan fingerprint density at radius 2 is 1.75 bits per heavy atom. The SMILES string of the molecule is CC(=O)c1cccc(OCc2cccc(C(=O)O)c2)c1. The molecule has 0 aliphatic rings. The smallest absolute Gasteiger partial charge is 0.335 e. The standard InChI is InChI=1S/C16H14O4/c1-11(17)13-5-3-7-15(9-13)20-10-12-4-2-6-14(8-12)16(18)19/h2-9H,10H2,1H3,(H,18,19). The summed E-state index contributed by atoms with van der Waals surface area (Å²) in [6.45, 7) is 1.75. The first-order valence-electron chi connectivity index (χ1n) is 6.12. The minimum Gasteiger partial charge on any atom is -0.489 e. The van der Waals surface area contributed by atoms with Crippen molar-refractivity contribution in [2.24, 2.45) is 0 Å². The zero-order valence-electron chi connectivity index (χ0n) is 11.0. The number of aromatic carboxylic acids is 1. The molecule has 0 bridgehead atoms. The number of Topliss-reactive ketones (excluding diaryl/α,β-unsaturated/α-hetero) is 1. The van der Waals surface area contributed by atoms with Gasteiger partial charge in [0.1, 0.15) is 12.4 Å². The summed E-state index contributed by atoms with van der Waals surface area (Å²) in [5.74, 6) is -0.410. The van der Waals surface area contributed by atoms with E-state index in [1.807, 2.05) is 0 Å². The fourth-order valence-electron chi connectivity index (χ4n) is 1.77. The predicted molar refractivity (Wildman–Crippen MR) is 74.2 cm³/mol. The third kappa shape index (κ3) is 3.45. The van der Waals surface area contributed by atoms with Crippen LogP contribution in [-0.4, -0.2) is 16.9 Å². The fraction of sp³-hybridized carbons (Fsp3) is 0.125. The number of ether oxygens (including phenoxy) is 1. The van der Waals surface area contributed by atoms with Gasteiger partial charge in [0.2, 0.25) is 0 Å². The fourth-order valence-corrected chi connectivity index (χ4v) is 1.77. The van der Waals surface area contributed by atoms with E-state index in [9.17, 15) is 9.59 Å². The second-order valence-corrected chi connectivity index (χ2v) is 4.38. The van der Waals surface area contributed by atoms with Gasteiger partial charge >= 0.3 is 5.97 Å². The van der Waals surface area contributed by atoms with E-state index in [0.29, 0.717) is 11.3 Å². The van der Waals surface area contributed by atoms with Crippen LogP contribution in [0.3, 0.4) is 0 Å². The van der Waals surface area contributed by atoms with Crippen LogP contribution < -0.4 is 4.74 Å². The quantitative estimate of drug-likeness (QED) is 0.847. The summed E-state index contributed by atoms with van der Waals surface area (Å²) in [5.41, 5.74) is 1.57. The van der Waals surface area contributed by atoms with Crippen molar-refractivity contribution in [2.75, 3.05) is 0 Å². The zero-order chi connectivity index (χ0) is 14.5. The average Bonchev–Trinajstić information content (AvgIpc) is 2.45. The molecule has 0 saturated carbocycles.